The third-order valence-corrected chi connectivity index (χ3v) is 4.80. The van der Waals surface area contributed by atoms with Crippen LogP contribution in [0, 0.1) is 6.92 Å². The smallest absolute Gasteiger partial charge is 0.339 e. The molecule has 1 N–H and O–H groups in total. The van der Waals surface area contributed by atoms with Crippen LogP contribution in [0.2, 0.25) is 5.02 Å². The molecule has 9 heteroatoms. The highest BCUT2D eigenvalue weighted by atomic mass is 35.5. The summed E-state index contributed by atoms with van der Waals surface area (Å²) in [6, 6.07) is 8.96. The lowest BCUT2D eigenvalue weighted by Gasteiger charge is -2.04. The highest BCUT2D eigenvalue weighted by molar-refractivity contribution is 7.12. The maximum atomic E-state index is 11.8. The number of carbonyl (C=O) groups is 1. The minimum Gasteiger partial charge on any atom is -0.478 e. The number of aromatic carboxylic acids is 1. The van der Waals surface area contributed by atoms with Gasteiger partial charge in [0.2, 0.25) is 5.13 Å². The number of benzene rings is 1. The van der Waals surface area contributed by atoms with Crippen molar-refractivity contribution in [3.05, 3.63) is 64.4 Å². The van der Waals surface area contributed by atoms with Crippen molar-refractivity contribution in [1.82, 2.24) is 24.5 Å². The Morgan fingerprint density at radius 1 is 1.19 bits per heavy atom. The van der Waals surface area contributed by atoms with Crippen LogP contribution in [0.25, 0.3) is 22.2 Å². The van der Waals surface area contributed by atoms with Crippen LogP contribution < -0.4 is 0 Å². The number of hydrogen-bond acceptors (Lipinski definition) is 5. The molecule has 0 spiro atoms. The third-order valence-electron chi connectivity index (χ3n) is 3.80. The Morgan fingerprint density at radius 3 is 2.62 bits per heavy atom. The number of halogens is 1. The molecule has 0 bridgehead atoms. The number of rotatable bonds is 4. The lowest BCUT2D eigenvalue weighted by atomic mass is 10.1. The summed E-state index contributed by atoms with van der Waals surface area (Å²) in [4.78, 5) is 16.0. The van der Waals surface area contributed by atoms with E-state index in [-0.39, 0.29) is 5.56 Å². The predicted octanol–water partition coefficient (Wildman–Crippen LogP) is 3.84. The van der Waals surface area contributed by atoms with Gasteiger partial charge in [-0.15, -0.1) is 11.3 Å². The summed E-state index contributed by atoms with van der Waals surface area (Å²) in [7, 11) is 0. The van der Waals surface area contributed by atoms with Gasteiger partial charge in [-0.2, -0.15) is 10.2 Å². The molecule has 130 valence electrons. The quantitative estimate of drug-likeness (QED) is 0.576. The zero-order chi connectivity index (χ0) is 18.3. The zero-order valence-corrected chi connectivity index (χ0v) is 15.1. The molecule has 0 fully saturated rings. The molecule has 0 unspecified atom stereocenters. The first kappa shape index (κ1) is 16.5. The fourth-order valence-corrected chi connectivity index (χ4v) is 3.39. The van der Waals surface area contributed by atoms with E-state index in [1.807, 2.05) is 17.5 Å². The molecule has 0 amide bonds. The van der Waals surface area contributed by atoms with E-state index in [9.17, 15) is 9.90 Å². The van der Waals surface area contributed by atoms with E-state index in [2.05, 4.69) is 15.2 Å². The molecular formula is C17H12ClN5O2S. The molecule has 4 rings (SSSR count). The standard InChI is InChI=1S/C17H12ClN5O2S/c1-10-14(16(24)25)15(23(20-10)17-19-7-9-26-17)13-6-8-22(21-13)12-4-2-11(18)3-5-12/h2-9H,1H3,(H,24,25). The minimum atomic E-state index is -1.05. The first-order chi connectivity index (χ1) is 12.5. The third kappa shape index (κ3) is 2.79. The van der Waals surface area contributed by atoms with Gasteiger partial charge >= 0.3 is 5.97 Å². The van der Waals surface area contributed by atoms with E-state index in [1.54, 1.807) is 42.2 Å². The van der Waals surface area contributed by atoms with E-state index in [4.69, 9.17) is 11.6 Å². The van der Waals surface area contributed by atoms with Crippen molar-refractivity contribution in [1.29, 1.82) is 0 Å². The van der Waals surface area contributed by atoms with Crippen LogP contribution in [0.3, 0.4) is 0 Å². The fourth-order valence-electron chi connectivity index (χ4n) is 2.67. The molecule has 0 aliphatic rings. The first-order valence-corrected chi connectivity index (χ1v) is 8.85. The SMILES string of the molecule is Cc1nn(-c2nccs2)c(-c2ccn(-c3ccc(Cl)cc3)n2)c1C(=O)O. The van der Waals surface area contributed by atoms with Gasteiger partial charge in [-0.05, 0) is 37.3 Å². The summed E-state index contributed by atoms with van der Waals surface area (Å²) < 4.78 is 3.18. The second-order valence-corrected chi connectivity index (χ2v) is 6.77. The summed E-state index contributed by atoms with van der Waals surface area (Å²) >= 11 is 7.29. The summed E-state index contributed by atoms with van der Waals surface area (Å²) in [5, 5.41) is 21.6. The topological polar surface area (TPSA) is 85.8 Å². The Hall–Kier alpha value is -2.97. The van der Waals surface area contributed by atoms with Crippen LogP contribution in [0.1, 0.15) is 16.1 Å². The highest BCUT2D eigenvalue weighted by Crippen LogP contribution is 2.29. The summed E-state index contributed by atoms with van der Waals surface area (Å²) in [5.41, 5.74) is 2.23. The maximum Gasteiger partial charge on any atom is 0.339 e. The maximum absolute atomic E-state index is 11.8. The van der Waals surface area contributed by atoms with Crippen molar-refractivity contribution >= 4 is 28.9 Å². The van der Waals surface area contributed by atoms with E-state index in [1.165, 1.54) is 16.0 Å². The molecule has 0 saturated heterocycles. The molecule has 7 nitrogen and oxygen atoms in total. The lowest BCUT2D eigenvalue weighted by molar-refractivity contribution is 0.0697. The Kier molecular flexibility index (Phi) is 4.06. The average molecular weight is 386 g/mol. The molecule has 0 radical (unpaired) electrons. The number of carboxylic acid groups (broad SMARTS) is 1. The summed E-state index contributed by atoms with van der Waals surface area (Å²) in [5.74, 6) is -1.05. The number of aryl methyl sites for hydroxylation is 1. The molecule has 0 saturated carbocycles. The van der Waals surface area contributed by atoms with Gasteiger partial charge in [0.05, 0.1) is 11.4 Å². The van der Waals surface area contributed by atoms with Crippen molar-refractivity contribution in [2.24, 2.45) is 0 Å². The molecule has 26 heavy (non-hydrogen) atoms. The molecular weight excluding hydrogens is 374 g/mol. The van der Waals surface area contributed by atoms with Crippen LogP contribution in [0.5, 0.6) is 0 Å². The van der Waals surface area contributed by atoms with Crippen LogP contribution in [0.15, 0.2) is 48.1 Å². The Labute approximate surface area is 157 Å². The normalized spacial score (nSPS) is 11.0. The van der Waals surface area contributed by atoms with Gasteiger partial charge in [0.1, 0.15) is 17.0 Å². The van der Waals surface area contributed by atoms with Crippen LogP contribution in [-0.4, -0.2) is 35.6 Å². The Balaban J connectivity index is 1.88. The van der Waals surface area contributed by atoms with Gasteiger partial charge in [-0.1, -0.05) is 11.6 Å². The van der Waals surface area contributed by atoms with Crippen LogP contribution in [-0.2, 0) is 0 Å². The minimum absolute atomic E-state index is 0.113. The largest absolute Gasteiger partial charge is 0.478 e. The first-order valence-electron chi connectivity index (χ1n) is 7.59. The van der Waals surface area contributed by atoms with Gasteiger partial charge in [-0.3, -0.25) is 0 Å². The average Bonchev–Trinajstić information content (AvgIpc) is 3.34. The monoisotopic (exact) mass is 385 g/mol. The van der Waals surface area contributed by atoms with Crippen molar-refractivity contribution in [3.8, 4) is 22.2 Å². The van der Waals surface area contributed by atoms with Crippen molar-refractivity contribution in [2.75, 3.05) is 0 Å². The number of aromatic nitrogens is 5. The molecule has 0 aliphatic carbocycles. The van der Waals surface area contributed by atoms with E-state index < -0.39 is 5.97 Å². The van der Waals surface area contributed by atoms with E-state index >= 15 is 0 Å². The van der Waals surface area contributed by atoms with Gasteiger partial charge < -0.3 is 5.11 Å². The predicted molar refractivity (Wildman–Crippen MR) is 98.5 cm³/mol. The molecule has 0 aliphatic heterocycles. The number of thiazole rings is 1. The van der Waals surface area contributed by atoms with Crippen molar-refractivity contribution in [2.45, 2.75) is 6.92 Å². The molecule has 0 atom stereocenters. The summed E-state index contributed by atoms with van der Waals surface area (Å²) in [6.07, 6.45) is 3.41. The van der Waals surface area contributed by atoms with Gasteiger partial charge in [0, 0.05) is 22.8 Å². The fraction of sp³-hybridized carbons (Fsp3) is 0.0588. The second kappa shape index (κ2) is 6.40. The zero-order valence-electron chi connectivity index (χ0n) is 13.5. The number of nitrogens with zero attached hydrogens (tertiary/aromatic N) is 5. The van der Waals surface area contributed by atoms with Crippen molar-refractivity contribution < 1.29 is 9.90 Å². The highest BCUT2D eigenvalue weighted by Gasteiger charge is 2.25. The van der Waals surface area contributed by atoms with Gasteiger partial charge in [-0.25, -0.2) is 19.1 Å². The van der Waals surface area contributed by atoms with Crippen LogP contribution in [0.4, 0.5) is 0 Å². The number of hydrogen-bond donors (Lipinski definition) is 1. The van der Waals surface area contributed by atoms with E-state index in [0.717, 1.165) is 5.69 Å². The summed E-state index contributed by atoms with van der Waals surface area (Å²) in [6.45, 7) is 1.66. The lowest BCUT2D eigenvalue weighted by Crippen LogP contribution is -2.04. The van der Waals surface area contributed by atoms with E-state index in [0.29, 0.717) is 27.2 Å². The van der Waals surface area contributed by atoms with Gasteiger partial charge in [0.25, 0.3) is 0 Å². The molecule has 3 aromatic heterocycles. The molecule has 1 aromatic carbocycles. The molecule has 4 aromatic rings. The van der Waals surface area contributed by atoms with Crippen molar-refractivity contribution in [3.63, 3.8) is 0 Å². The molecule has 3 heterocycles. The Morgan fingerprint density at radius 2 is 1.96 bits per heavy atom. The second-order valence-electron chi connectivity index (χ2n) is 5.46. The number of carboxylic acids is 1. The van der Waals surface area contributed by atoms with Crippen LogP contribution >= 0.6 is 22.9 Å². The van der Waals surface area contributed by atoms with Gasteiger partial charge in [0.15, 0.2) is 0 Å². The Bertz CT molecular complexity index is 1080.